The number of rotatable bonds is 1. The first kappa shape index (κ1) is 12.0. The third-order valence-electron chi connectivity index (χ3n) is 4.39. The van der Waals surface area contributed by atoms with Gasteiger partial charge in [-0.2, -0.15) is 0 Å². The Morgan fingerprint density at radius 2 is 2.05 bits per heavy atom. The second kappa shape index (κ2) is 4.63. The fourth-order valence-corrected chi connectivity index (χ4v) is 3.25. The third kappa shape index (κ3) is 1.83. The molecule has 1 aromatic heterocycles. The molecule has 3 heterocycles. The molecule has 4 nitrogen and oxygen atoms in total. The second-order valence-corrected chi connectivity index (χ2v) is 5.64. The molecule has 0 saturated carbocycles. The summed E-state index contributed by atoms with van der Waals surface area (Å²) in [5.74, 6) is 0. The molecule has 2 aromatic rings. The van der Waals surface area contributed by atoms with E-state index in [9.17, 15) is 4.79 Å². The molecule has 0 aliphatic carbocycles. The van der Waals surface area contributed by atoms with E-state index in [1.54, 1.807) is 0 Å². The number of nitrogens with zero attached hydrogens (tertiary/aromatic N) is 1. The summed E-state index contributed by atoms with van der Waals surface area (Å²) >= 11 is 0. The quantitative estimate of drug-likeness (QED) is 0.864. The minimum Gasteiger partial charge on any atom is -0.376 e. The molecule has 0 atom stereocenters. The highest BCUT2D eigenvalue weighted by atomic mass is 16.5. The summed E-state index contributed by atoms with van der Waals surface area (Å²) in [5.41, 5.74) is 4.09. The lowest BCUT2D eigenvalue weighted by Crippen LogP contribution is -2.22. The summed E-state index contributed by atoms with van der Waals surface area (Å²) in [5, 5.41) is 0.790. The van der Waals surface area contributed by atoms with E-state index in [1.165, 1.54) is 12.8 Å². The van der Waals surface area contributed by atoms with Gasteiger partial charge in [-0.25, -0.2) is 0 Å². The van der Waals surface area contributed by atoms with E-state index < -0.39 is 0 Å². The molecule has 0 amide bonds. The molecule has 104 valence electrons. The van der Waals surface area contributed by atoms with Gasteiger partial charge in [0, 0.05) is 47.4 Å². The Kier molecular flexibility index (Phi) is 2.77. The highest BCUT2D eigenvalue weighted by Gasteiger charge is 2.18. The van der Waals surface area contributed by atoms with Gasteiger partial charge in [-0.3, -0.25) is 4.79 Å². The van der Waals surface area contributed by atoms with E-state index >= 15 is 0 Å². The minimum absolute atomic E-state index is 0.134. The molecule has 0 spiro atoms. The number of nitrogens with one attached hydrogen (secondary N) is 1. The van der Waals surface area contributed by atoms with E-state index in [1.807, 2.05) is 12.1 Å². The molecule has 20 heavy (non-hydrogen) atoms. The van der Waals surface area contributed by atoms with Crippen LogP contribution in [0.3, 0.4) is 0 Å². The average molecular weight is 270 g/mol. The van der Waals surface area contributed by atoms with Crippen LogP contribution >= 0.6 is 0 Å². The van der Waals surface area contributed by atoms with Crippen LogP contribution < -0.4 is 10.3 Å². The van der Waals surface area contributed by atoms with Crippen molar-refractivity contribution in [1.29, 1.82) is 0 Å². The minimum atomic E-state index is 0.134. The molecule has 4 rings (SSSR count). The molecule has 1 aromatic carbocycles. The Morgan fingerprint density at radius 1 is 1.20 bits per heavy atom. The smallest absolute Gasteiger partial charge is 0.195 e. The van der Waals surface area contributed by atoms with Crippen molar-refractivity contribution in [1.82, 2.24) is 4.98 Å². The van der Waals surface area contributed by atoms with Gasteiger partial charge < -0.3 is 14.6 Å². The van der Waals surface area contributed by atoms with Crippen molar-refractivity contribution in [3.05, 3.63) is 39.7 Å². The lowest BCUT2D eigenvalue weighted by Gasteiger charge is -2.20. The van der Waals surface area contributed by atoms with Crippen molar-refractivity contribution in [3.63, 3.8) is 0 Å². The van der Waals surface area contributed by atoms with Crippen LogP contribution in [0.2, 0.25) is 0 Å². The molecular weight excluding hydrogens is 252 g/mol. The molecule has 1 saturated heterocycles. The Hall–Kier alpha value is -1.81. The summed E-state index contributed by atoms with van der Waals surface area (Å²) in [6, 6.07) is 6.20. The largest absolute Gasteiger partial charge is 0.376 e. The number of pyridine rings is 1. The van der Waals surface area contributed by atoms with E-state index in [0.717, 1.165) is 47.4 Å². The molecule has 0 radical (unpaired) electrons. The van der Waals surface area contributed by atoms with Crippen LogP contribution in [0.25, 0.3) is 10.9 Å². The fraction of sp³-hybridized carbons (Fsp3) is 0.438. The highest BCUT2D eigenvalue weighted by molar-refractivity contribution is 5.83. The first-order valence-electron chi connectivity index (χ1n) is 7.33. The summed E-state index contributed by atoms with van der Waals surface area (Å²) in [4.78, 5) is 18.4. The molecule has 1 fully saturated rings. The van der Waals surface area contributed by atoms with Crippen molar-refractivity contribution < 1.29 is 4.74 Å². The zero-order valence-corrected chi connectivity index (χ0v) is 11.4. The Balaban J connectivity index is 1.89. The number of H-pyrrole nitrogens is 1. The standard InChI is InChI=1S/C16H18N2O2/c19-16-12-9-11(18-6-1-2-7-18)3-4-14(12)17-15-5-8-20-10-13(15)16/h3-4,9H,1-2,5-8,10H2,(H,17,19). The number of ether oxygens (including phenoxy) is 1. The van der Waals surface area contributed by atoms with Crippen LogP contribution in [0, 0.1) is 0 Å². The van der Waals surface area contributed by atoms with Crippen molar-refractivity contribution >= 4 is 16.6 Å². The number of benzene rings is 1. The van der Waals surface area contributed by atoms with Gasteiger partial charge in [-0.15, -0.1) is 0 Å². The van der Waals surface area contributed by atoms with Crippen molar-refractivity contribution in [2.45, 2.75) is 25.9 Å². The van der Waals surface area contributed by atoms with Gasteiger partial charge in [-0.05, 0) is 31.0 Å². The van der Waals surface area contributed by atoms with E-state index in [2.05, 4.69) is 16.0 Å². The van der Waals surface area contributed by atoms with Crippen LogP contribution in [-0.4, -0.2) is 24.7 Å². The van der Waals surface area contributed by atoms with Gasteiger partial charge in [0.25, 0.3) is 0 Å². The second-order valence-electron chi connectivity index (χ2n) is 5.64. The SMILES string of the molecule is O=c1c2c([nH]c3ccc(N4CCCC4)cc13)CCOC2. The van der Waals surface area contributed by atoms with Gasteiger partial charge in [0.15, 0.2) is 5.43 Å². The van der Waals surface area contributed by atoms with Gasteiger partial charge in [0.1, 0.15) is 0 Å². The number of aromatic nitrogens is 1. The van der Waals surface area contributed by atoms with Crippen LogP contribution in [0.15, 0.2) is 23.0 Å². The lowest BCUT2D eigenvalue weighted by molar-refractivity contribution is 0.109. The van der Waals surface area contributed by atoms with Gasteiger partial charge >= 0.3 is 0 Å². The lowest BCUT2D eigenvalue weighted by atomic mass is 10.0. The molecule has 0 unspecified atom stereocenters. The maximum atomic E-state index is 12.6. The topological polar surface area (TPSA) is 45.3 Å². The number of aromatic amines is 1. The number of fused-ring (bicyclic) bond motifs is 2. The molecular formula is C16H18N2O2. The zero-order valence-electron chi connectivity index (χ0n) is 11.4. The van der Waals surface area contributed by atoms with E-state index in [4.69, 9.17) is 4.74 Å². The van der Waals surface area contributed by atoms with Crippen molar-refractivity contribution in [3.8, 4) is 0 Å². The summed E-state index contributed by atoms with van der Waals surface area (Å²) in [7, 11) is 0. The van der Waals surface area contributed by atoms with Gasteiger partial charge in [0.2, 0.25) is 0 Å². The summed E-state index contributed by atoms with van der Waals surface area (Å²) < 4.78 is 5.43. The van der Waals surface area contributed by atoms with E-state index in [0.29, 0.717) is 13.2 Å². The Bertz CT molecular complexity index is 714. The van der Waals surface area contributed by atoms with Crippen LogP contribution in [0.1, 0.15) is 24.1 Å². The Morgan fingerprint density at radius 3 is 2.90 bits per heavy atom. The molecule has 2 aliphatic heterocycles. The maximum absolute atomic E-state index is 12.6. The van der Waals surface area contributed by atoms with Gasteiger partial charge in [0.05, 0.1) is 13.2 Å². The third-order valence-corrected chi connectivity index (χ3v) is 4.39. The number of anilines is 1. The molecule has 4 heteroatoms. The first-order valence-corrected chi connectivity index (χ1v) is 7.33. The predicted octanol–water partition coefficient (Wildman–Crippen LogP) is 2.20. The number of hydrogen-bond acceptors (Lipinski definition) is 3. The van der Waals surface area contributed by atoms with Crippen LogP contribution in [0.5, 0.6) is 0 Å². The number of hydrogen-bond donors (Lipinski definition) is 1. The average Bonchev–Trinajstić information content (AvgIpc) is 3.02. The summed E-state index contributed by atoms with van der Waals surface area (Å²) in [6.45, 7) is 3.32. The monoisotopic (exact) mass is 270 g/mol. The maximum Gasteiger partial charge on any atom is 0.195 e. The zero-order chi connectivity index (χ0) is 13.5. The molecule has 1 N–H and O–H groups in total. The first-order chi connectivity index (χ1) is 9.83. The molecule has 0 bridgehead atoms. The van der Waals surface area contributed by atoms with Crippen LogP contribution in [0.4, 0.5) is 5.69 Å². The van der Waals surface area contributed by atoms with Crippen molar-refractivity contribution in [2.24, 2.45) is 0 Å². The fourth-order valence-electron chi connectivity index (χ4n) is 3.25. The van der Waals surface area contributed by atoms with Gasteiger partial charge in [-0.1, -0.05) is 0 Å². The molecule has 2 aliphatic rings. The highest BCUT2D eigenvalue weighted by Crippen LogP contribution is 2.24. The van der Waals surface area contributed by atoms with E-state index in [-0.39, 0.29) is 5.43 Å². The predicted molar refractivity (Wildman–Crippen MR) is 79.4 cm³/mol. The summed E-state index contributed by atoms with van der Waals surface area (Å²) in [6.07, 6.45) is 3.28. The Labute approximate surface area is 117 Å². The normalized spacial score (nSPS) is 18.5. The van der Waals surface area contributed by atoms with Crippen LogP contribution in [-0.2, 0) is 17.8 Å². The van der Waals surface area contributed by atoms with Crippen molar-refractivity contribution in [2.75, 3.05) is 24.6 Å².